The van der Waals surface area contributed by atoms with E-state index in [0.717, 1.165) is 17.0 Å². The topological polar surface area (TPSA) is 89.2 Å². The highest BCUT2D eigenvalue weighted by Gasteiger charge is 2.15. The lowest BCUT2D eigenvalue weighted by molar-refractivity contribution is 0.0993. The molecule has 0 atom stereocenters. The van der Waals surface area contributed by atoms with E-state index in [-0.39, 0.29) is 5.76 Å². The lowest BCUT2D eigenvalue weighted by atomic mass is 10.1. The number of furan rings is 1. The van der Waals surface area contributed by atoms with Gasteiger partial charge in [0.25, 0.3) is 11.8 Å². The predicted molar refractivity (Wildman–Crippen MR) is 119 cm³/mol. The molecule has 32 heavy (non-hydrogen) atoms. The number of amides is 2. The molecule has 0 fully saturated rings. The minimum Gasteiger partial charge on any atom is -0.459 e. The Morgan fingerprint density at radius 2 is 1.78 bits per heavy atom. The van der Waals surface area contributed by atoms with Crippen LogP contribution in [0.3, 0.4) is 0 Å². The second-order valence-corrected chi connectivity index (χ2v) is 7.42. The molecule has 2 aromatic carbocycles. The van der Waals surface area contributed by atoms with Crippen LogP contribution in [-0.2, 0) is 0 Å². The van der Waals surface area contributed by atoms with E-state index in [1.165, 1.54) is 17.0 Å². The molecule has 0 aliphatic carbocycles. The van der Waals surface area contributed by atoms with Crippen molar-refractivity contribution in [1.82, 2.24) is 9.78 Å². The first-order chi connectivity index (χ1) is 15.3. The number of nitrogens with zero attached hydrogens (tertiary/aromatic N) is 2. The highest BCUT2D eigenvalue weighted by atomic mass is 19.1. The van der Waals surface area contributed by atoms with Crippen LogP contribution in [0.5, 0.6) is 0 Å². The van der Waals surface area contributed by atoms with Gasteiger partial charge in [0.1, 0.15) is 5.69 Å². The maximum absolute atomic E-state index is 14.7. The molecule has 2 N–H and O–H groups in total. The van der Waals surface area contributed by atoms with E-state index in [4.69, 9.17) is 4.42 Å². The highest BCUT2D eigenvalue weighted by molar-refractivity contribution is 6.07. The average molecular weight is 432 g/mol. The summed E-state index contributed by atoms with van der Waals surface area (Å²) in [4.78, 5) is 25.0. The summed E-state index contributed by atoms with van der Waals surface area (Å²) >= 11 is 0. The quantitative estimate of drug-likeness (QED) is 0.463. The van der Waals surface area contributed by atoms with Crippen LogP contribution in [0, 0.1) is 26.6 Å². The van der Waals surface area contributed by atoms with E-state index < -0.39 is 17.6 Å². The molecule has 8 heteroatoms. The Kier molecular flexibility index (Phi) is 5.59. The van der Waals surface area contributed by atoms with Gasteiger partial charge in [-0.2, -0.15) is 5.10 Å². The molecule has 7 nitrogen and oxygen atoms in total. The van der Waals surface area contributed by atoms with Crippen molar-refractivity contribution in [2.75, 3.05) is 10.6 Å². The zero-order valence-corrected chi connectivity index (χ0v) is 17.8. The molecule has 0 spiro atoms. The highest BCUT2D eigenvalue weighted by Crippen LogP contribution is 2.22. The number of carbonyl (C=O) groups excluding carboxylic acids is 2. The largest absolute Gasteiger partial charge is 0.459 e. The third-order valence-corrected chi connectivity index (χ3v) is 4.94. The molecule has 0 saturated heterocycles. The number of hydrogen-bond donors (Lipinski definition) is 2. The number of aryl methyl sites for hydroxylation is 3. The molecule has 2 heterocycles. The van der Waals surface area contributed by atoms with Crippen LogP contribution < -0.4 is 10.6 Å². The van der Waals surface area contributed by atoms with E-state index in [1.807, 2.05) is 26.8 Å². The number of rotatable bonds is 5. The SMILES string of the molecule is Cc1cc(C)n(-c2ccc(NC(=O)c3ccc(C)c(NC(=O)c4ccco4)c3)cc2F)n1. The number of benzene rings is 2. The van der Waals surface area contributed by atoms with Crippen LogP contribution >= 0.6 is 0 Å². The number of hydrogen-bond acceptors (Lipinski definition) is 4. The van der Waals surface area contributed by atoms with Gasteiger partial charge in [-0.25, -0.2) is 9.07 Å². The Balaban J connectivity index is 1.52. The van der Waals surface area contributed by atoms with Gasteiger partial charge < -0.3 is 15.1 Å². The fourth-order valence-electron chi connectivity index (χ4n) is 3.32. The van der Waals surface area contributed by atoms with E-state index in [0.29, 0.717) is 22.6 Å². The van der Waals surface area contributed by atoms with Crippen molar-refractivity contribution in [3.63, 3.8) is 0 Å². The second-order valence-electron chi connectivity index (χ2n) is 7.42. The van der Waals surface area contributed by atoms with Crippen molar-refractivity contribution in [3.8, 4) is 5.69 Å². The Morgan fingerprint density at radius 1 is 0.969 bits per heavy atom. The summed E-state index contributed by atoms with van der Waals surface area (Å²) in [6, 6.07) is 14.4. The van der Waals surface area contributed by atoms with Gasteiger partial charge in [0.05, 0.1) is 12.0 Å². The summed E-state index contributed by atoms with van der Waals surface area (Å²) in [5.41, 5.74) is 3.77. The smallest absolute Gasteiger partial charge is 0.291 e. The summed E-state index contributed by atoms with van der Waals surface area (Å²) < 4.78 is 21.3. The van der Waals surface area contributed by atoms with Crippen molar-refractivity contribution in [2.45, 2.75) is 20.8 Å². The molecular weight excluding hydrogens is 411 g/mol. The third kappa shape index (κ3) is 4.29. The van der Waals surface area contributed by atoms with Crippen LogP contribution in [0.15, 0.2) is 65.3 Å². The van der Waals surface area contributed by atoms with Gasteiger partial charge in [0.15, 0.2) is 11.6 Å². The normalized spacial score (nSPS) is 10.8. The predicted octanol–water partition coefficient (Wildman–Crippen LogP) is 5.03. The number of carbonyl (C=O) groups is 2. The number of halogens is 1. The van der Waals surface area contributed by atoms with Crippen molar-refractivity contribution >= 4 is 23.2 Å². The summed E-state index contributed by atoms with van der Waals surface area (Å²) in [7, 11) is 0. The average Bonchev–Trinajstić information content (AvgIpc) is 3.39. The molecule has 2 amide bonds. The van der Waals surface area contributed by atoms with Crippen LogP contribution in [0.2, 0.25) is 0 Å². The fourth-order valence-corrected chi connectivity index (χ4v) is 3.32. The first kappa shape index (κ1) is 21.0. The summed E-state index contributed by atoms with van der Waals surface area (Å²) in [5, 5.41) is 9.70. The van der Waals surface area contributed by atoms with E-state index in [2.05, 4.69) is 15.7 Å². The van der Waals surface area contributed by atoms with Crippen LogP contribution in [0.4, 0.5) is 15.8 Å². The van der Waals surface area contributed by atoms with Crippen molar-refractivity contribution in [1.29, 1.82) is 0 Å². The summed E-state index contributed by atoms with van der Waals surface area (Å²) in [6.07, 6.45) is 1.41. The maximum Gasteiger partial charge on any atom is 0.291 e. The number of nitrogens with one attached hydrogen (secondary N) is 2. The molecule has 4 aromatic rings. The Hall–Kier alpha value is -4.20. The van der Waals surface area contributed by atoms with Crippen LogP contribution in [0.25, 0.3) is 5.69 Å². The molecule has 0 aliphatic rings. The Bertz CT molecular complexity index is 1310. The molecule has 0 radical (unpaired) electrons. The molecule has 4 rings (SSSR count). The maximum atomic E-state index is 14.7. The minimum atomic E-state index is -0.510. The van der Waals surface area contributed by atoms with Crippen molar-refractivity contribution < 1.29 is 18.4 Å². The van der Waals surface area contributed by atoms with Gasteiger partial charge >= 0.3 is 0 Å². The van der Waals surface area contributed by atoms with E-state index in [1.54, 1.807) is 42.5 Å². The first-order valence-corrected chi connectivity index (χ1v) is 9.92. The zero-order chi connectivity index (χ0) is 22.8. The monoisotopic (exact) mass is 432 g/mol. The molecule has 0 saturated carbocycles. The van der Waals surface area contributed by atoms with Gasteiger partial charge in [-0.1, -0.05) is 6.07 Å². The Labute approximate surface area is 183 Å². The third-order valence-electron chi connectivity index (χ3n) is 4.94. The lowest BCUT2D eigenvalue weighted by Gasteiger charge is -2.12. The molecule has 0 aliphatic heterocycles. The number of anilines is 2. The molecule has 162 valence electrons. The van der Waals surface area contributed by atoms with E-state index >= 15 is 0 Å². The number of aromatic nitrogens is 2. The Morgan fingerprint density at radius 3 is 2.44 bits per heavy atom. The van der Waals surface area contributed by atoms with Gasteiger partial charge in [-0.05, 0) is 74.9 Å². The molecular formula is C24H21FN4O3. The summed E-state index contributed by atoms with van der Waals surface area (Å²) in [5.74, 6) is -1.20. The van der Waals surface area contributed by atoms with Gasteiger partial charge in [0, 0.05) is 22.6 Å². The lowest BCUT2D eigenvalue weighted by Crippen LogP contribution is -2.15. The zero-order valence-electron chi connectivity index (χ0n) is 17.8. The van der Waals surface area contributed by atoms with Gasteiger partial charge in [-0.3, -0.25) is 9.59 Å². The van der Waals surface area contributed by atoms with E-state index in [9.17, 15) is 14.0 Å². The van der Waals surface area contributed by atoms with Crippen molar-refractivity contribution in [3.05, 3.63) is 95.0 Å². The standard InChI is InChI=1S/C24H21FN4O3/c1-14-6-7-17(12-20(14)27-24(31)22-5-4-10-32-22)23(30)26-18-8-9-21(19(25)13-18)29-16(3)11-15(2)28-29/h4-13H,1-3H3,(H,26,30)(H,27,31). The molecule has 2 aromatic heterocycles. The van der Waals surface area contributed by atoms with Crippen molar-refractivity contribution in [2.24, 2.45) is 0 Å². The minimum absolute atomic E-state index is 0.164. The summed E-state index contributed by atoms with van der Waals surface area (Å²) in [6.45, 7) is 5.49. The molecule has 0 unspecified atom stereocenters. The first-order valence-electron chi connectivity index (χ1n) is 9.92. The van der Waals surface area contributed by atoms with Crippen LogP contribution in [-0.4, -0.2) is 21.6 Å². The van der Waals surface area contributed by atoms with Gasteiger partial charge in [0.2, 0.25) is 0 Å². The molecule has 0 bridgehead atoms. The second kappa shape index (κ2) is 8.50. The van der Waals surface area contributed by atoms with Crippen LogP contribution in [0.1, 0.15) is 37.9 Å². The fraction of sp³-hybridized carbons (Fsp3) is 0.125. The van der Waals surface area contributed by atoms with Gasteiger partial charge in [-0.15, -0.1) is 0 Å².